The molecule has 0 saturated carbocycles. The summed E-state index contributed by atoms with van der Waals surface area (Å²) in [5.41, 5.74) is 0.372. The first-order chi connectivity index (χ1) is 8.36. The first-order valence-electron chi connectivity index (χ1n) is 5.49. The van der Waals surface area contributed by atoms with Crippen LogP contribution in [0.1, 0.15) is 24.2 Å². The Balaban J connectivity index is 2.98. The molecule has 6 heteroatoms. The van der Waals surface area contributed by atoms with Gasteiger partial charge in [-0.15, -0.1) is 0 Å². The van der Waals surface area contributed by atoms with Crippen LogP contribution in [-0.4, -0.2) is 34.0 Å². The number of carbonyl (C=O) groups excluding carboxylic acids is 1. The van der Waals surface area contributed by atoms with Gasteiger partial charge in [0.2, 0.25) is 10.0 Å². The number of ether oxygens (including phenoxy) is 1. The van der Waals surface area contributed by atoms with Gasteiger partial charge in [0, 0.05) is 18.7 Å². The predicted octanol–water partition coefficient (Wildman–Crippen LogP) is 1.20. The molecule has 1 aromatic carbocycles. The summed E-state index contributed by atoms with van der Waals surface area (Å²) in [7, 11) is -2.12. The van der Waals surface area contributed by atoms with Crippen molar-refractivity contribution in [2.75, 3.05) is 13.7 Å². The average Bonchev–Trinajstić information content (AvgIpc) is 2.28. The van der Waals surface area contributed by atoms with Crippen LogP contribution in [0, 0.1) is 0 Å². The molecule has 0 aliphatic rings. The molecule has 0 amide bonds. The summed E-state index contributed by atoms with van der Waals surface area (Å²) in [5, 5.41) is 0. The van der Waals surface area contributed by atoms with Gasteiger partial charge in [-0.3, -0.25) is 4.79 Å². The monoisotopic (exact) mass is 271 g/mol. The molecule has 0 unspecified atom stereocenters. The van der Waals surface area contributed by atoms with Crippen molar-refractivity contribution in [1.82, 2.24) is 4.72 Å². The van der Waals surface area contributed by atoms with E-state index in [0.29, 0.717) is 5.56 Å². The van der Waals surface area contributed by atoms with Crippen molar-refractivity contribution in [3.63, 3.8) is 0 Å². The Morgan fingerprint density at radius 1 is 1.44 bits per heavy atom. The fraction of sp³-hybridized carbons (Fsp3) is 0.417. The SMILES string of the molecule is COC[C@@H](C)NS(=O)(=O)c1cccc(C(C)=O)c1. The van der Waals surface area contributed by atoms with Crippen molar-refractivity contribution in [2.24, 2.45) is 0 Å². The van der Waals surface area contributed by atoms with Crippen LogP contribution in [0.3, 0.4) is 0 Å². The van der Waals surface area contributed by atoms with Gasteiger partial charge < -0.3 is 4.74 Å². The van der Waals surface area contributed by atoms with Crippen molar-refractivity contribution in [3.05, 3.63) is 29.8 Å². The maximum absolute atomic E-state index is 12.0. The molecular weight excluding hydrogens is 254 g/mol. The van der Waals surface area contributed by atoms with Gasteiger partial charge in [0.25, 0.3) is 0 Å². The van der Waals surface area contributed by atoms with Gasteiger partial charge in [-0.25, -0.2) is 13.1 Å². The number of benzene rings is 1. The molecule has 18 heavy (non-hydrogen) atoms. The van der Waals surface area contributed by atoms with Gasteiger partial charge in [-0.2, -0.15) is 0 Å². The summed E-state index contributed by atoms with van der Waals surface area (Å²) in [6.07, 6.45) is 0. The molecule has 1 rings (SSSR count). The molecule has 0 saturated heterocycles. The lowest BCUT2D eigenvalue weighted by Gasteiger charge is -2.13. The number of hydrogen-bond donors (Lipinski definition) is 1. The Kier molecular flexibility index (Phi) is 5.01. The maximum atomic E-state index is 12.0. The van der Waals surface area contributed by atoms with E-state index in [9.17, 15) is 13.2 Å². The second kappa shape index (κ2) is 6.08. The number of methoxy groups -OCH3 is 1. The number of carbonyl (C=O) groups is 1. The van der Waals surface area contributed by atoms with Crippen molar-refractivity contribution in [3.8, 4) is 0 Å². The van der Waals surface area contributed by atoms with E-state index in [4.69, 9.17) is 4.74 Å². The van der Waals surface area contributed by atoms with E-state index in [1.807, 2.05) is 0 Å². The maximum Gasteiger partial charge on any atom is 0.240 e. The van der Waals surface area contributed by atoms with E-state index in [0.717, 1.165) is 0 Å². The van der Waals surface area contributed by atoms with Crippen molar-refractivity contribution in [2.45, 2.75) is 24.8 Å². The molecule has 0 heterocycles. The van der Waals surface area contributed by atoms with E-state index < -0.39 is 10.0 Å². The number of nitrogens with one attached hydrogen (secondary N) is 1. The normalized spacial score (nSPS) is 13.3. The molecule has 1 atom stereocenters. The summed E-state index contributed by atoms with van der Waals surface area (Å²) < 4.78 is 31.4. The highest BCUT2D eigenvalue weighted by Gasteiger charge is 2.18. The fourth-order valence-electron chi connectivity index (χ4n) is 1.50. The summed E-state index contributed by atoms with van der Waals surface area (Å²) in [4.78, 5) is 11.3. The Morgan fingerprint density at radius 3 is 2.67 bits per heavy atom. The zero-order valence-corrected chi connectivity index (χ0v) is 11.5. The summed E-state index contributed by atoms with van der Waals surface area (Å²) in [5.74, 6) is -0.169. The second-order valence-corrected chi connectivity index (χ2v) is 5.78. The van der Waals surface area contributed by atoms with E-state index >= 15 is 0 Å². The van der Waals surface area contributed by atoms with Gasteiger partial charge in [-0.05, 0) is 26.0 Å². The smallest absolute Gasteiger partial charge is 0.240 e. The van der Waals surface area contributed by atoms with Crippen LogP contribution in [0.15, 0.2) is 29.2 Å². The topological polar surface area (TPSA) is 72.5 Å². The zero-order valence-electron chi connectivity index (χ0n) is 10.6. The van der Waals surface area contributed by atoms with Gasteiger partial charge >= 0.3 is 0 Å². The molecule has 0 aromatic heterocycles. The minimum absolute atomic E-state index is 0.0816. The minimum atomic E-state index is -3.62. The molecule has 0 aliphatic heterocycles. The molecular formula is C12H17NO4S. The minimum Gasteiger partial charge on any atom is -0.383 e. The summed E-state index contributed by atoms with van der Waals surface area (Å²) in [6.45, 7) is 3.38. The van der Waals surface area contributed by atoms with Gasteiger partial charge in [-0.1, -0.05) is 12.1 Å². The fourth-order valence-corrected chi connectivity index (χ4v) is 2.77. The van der Waals surface area contributed by atoms with E-state index in [1.54, 1.807) is 19.1 Å². The molecule has 0 radical (unpaired) electrons. The van der Waals surface area contributed by atoms with Crippen LogP contribution < -0.4 is 4.72 Å². The number of ketones is 1. The molecule has 1 N–H and O–H groups in total. The van der Waals surface area contributed by atoms with Crippen LogP contribution in [-0.2, 0) is 14.8 Å². The Hall–Kier alpha value is -1.24. The molecule has 100 valence electrons. The van der Waals surface area contributed by atoms with E-state index in [1.165, 1.54) is 26.2 Å². The first-order valence-corrected chi connectivity index (χ1v) is 6.97. The van der Waals surface area contributed by atoms with Crippen LogP contribution in [0.2, 0.25) is 0 Å². The third-order valence-electron chi connectivity index (χ3n) is 2.32. The van der Waals surface area contributed by atoms with Crippen molar-refractivity contribution >= 4 is 15.8 Å². The Morgan fingerprint density at radius 2 is 2.11 bits per heavy atom. The molecule has 1 aromatic rings. The summed E-state index contributed by atoms with van der Waals surface area (Å²) >= 11 is 0. The lowest BCUT2D eigenvalue weighted by Crippen LogP contribution is -2.35. The number of hydrogen-bond acceptors (Lipinski definition) is 4. The molecule has 5 nitrogen and oxygen atoms in total. The quantitative estimate of drug-likeness (QED) is 0.789. The first kappa shape index (κ1) is 14.8. The standard InChI is InChI=1S/C12H17NO4S/c1-9(8-17-3)13-18(15,16)12-6-4-5-11(7-12)10(2)14/h4-7,9,13H,8H2,1-3H3/t9-/m1/s1. The second-order valence-electron chi connectivity index (χ2n) is 4.06. The van der Waals surface area contributed by atoms with Crippen LogP contribution in [0.4, 0.5) is 0 Å². The third kappa shape index (κ3) is 3.90. The zero-order chi connectivity index (χ0) is 13.8. The highest BCUT2D eigenvalue weighted by atomic mass is 32.2. The Labute approximate surface area is 107 Å². The van der Waals surface area contributed by atoms with Crippen LogP contribution in [0.5, 0.6) is 0 Å². The van der Waals surface area contributed by atoms with Gasteiger partial charge in [0.15, 0.2) is 5.78 Å². The number of rotatable bonds is 6. The molecule has 0 bridgehead atoms. The average molecular weight is 271 g/mol. The largest absolute Gasteiger partial charge is 0.383 e. The van der Waals surface area contributed by atoms with Gasteiger partial charge in [0.1, 0.15) is 0 Å². The van der Waals surface area contributed by atoms with E-state index in [-0.39, 0.29) is 23.3 Å². The van der Waals surface area contributed by atoms with Crippen molar-refractivity contribution < 1.29 is 17.9 Å². The third-order valence-corrected chi connectivity index (χ3v) is 3.91. The van der Waals surface area contributed by atoms with Crippen LogP contribution >= 0.6 is 0 Å². The molecule has 0 spiro atoms. The number of Topliss-reactive ketones (excluding diaryl/α,β-unsaturated/α-hetero) is 1. The summed E-state index contributed by atoms with van der Waals surface area (Å²) in [6, 6.07) is 5.62. The van der Waals surface area contributed by atoms with Crippen LogP contribution in [0.25, 0.3) is 0 Å². The van der Waals surface area contributed by atoms with Gasteiger partial charge in [0.05, 0.1) is 11.5 Å². The predicted molar refractivity (Wildman–Crippen MR) is 68.1 cm³/mol. The highest BCUT2D eigenvalue weighted by Crippen LogP contribution is 2.12. The number of sulfonamides is 1. The van der Waals surface area contributed by atoms with E-state index in [2.05, 4.69) is 4.72 Å². The lowest BCUT2D eigenvalue weighted by atomic mass is 10.2. The van der Waals surface area contributed by atoms with Crippen molar-refractivity contribution in [1.29, 1.82) is 0 Å². The molecule has 0 aliphatic carbocycles. The Bertz CT molecular complexity index is 525. The highest BCUT2D eigenvalue weighted by molar-refractivity contribution is 7.89. The molecule has 0 fully saturated rings. The lowest BCUT2D eigenvalue weighted by molar-refractivity contribution is 0.101.